The highest BCUT2D eigenvalue weighted by Crippen LogP contribution is 2.25. The van der Waals surface area contributed by atoms with Gasteiger partial charge in [0.25, 0.3) is 0 Å². The molecule has 0 spiro atoms. The molecule has 1 heterocycles. The van der Waals surface area contributed by atoms with Gasteiger partial charge in [0.1, 0.15) is 0 Å². The highest BCUT2D eigenvalue weighted by atomic mass is 127. The molecule has 1 aromatic carbocycles. The summed E-state index contributed by atoms with van der Waals surface area (Å²) in [5.74, 6) is 0. The fourth-order valence-corrected chi connectivity index (χ4v) is 2.39. The zero-order chi connectivity index (χ0) is 9.97. The van der Waals surface area contributed by atoms with Crippen LogP contribution in [-0.4, -0.2) is 0 Å². The molecule has 0 aliphatic heterocycles. The van der Waals surface area contributed by atoms with Crippen molar-refractivity contribution in [1.82, 2.24) is 0 Å². The number of halogens is 1. The maximum atomic E-state index is 5.67. The number of hydrogen-bond acceptors (Lipinski definition) is 3. The van der Waals surface area contributed by atoms with Crippen LogP contribution < -0.4 is 11.1 Å². The standard InChI is InChI=1S/C10H9IN2S/c11-9-5-7(12)1-2-10(9)13-8-3-4-14-6-8/h1-6,13H,12H2. The molecule has 1 aromatic heterocycles. The first-order valence-electron chi connectivity index (χ1n) is 4.10. The van der Waals surface area contributed by atoms with Gasteiger partial charge in [-0.2, -0.15) is 11.3 Å². The van der Waals surface area contributed by atoms with Gasteiger partial charge in [0.2, 0.25) is 0 Å². The molecular formula is C10H9IN2S. The van der Waals surface area contributed by atoms with E-state index in [-0.39, 0.29) is 0 Å². The number of anilines is 3. The van der Waals surface area contributed by atoms with Crippen LogP contribution in [0.3, 0.4) is 0 Å². The van der Waals surface area contributed by atoms with E-state index < -0.39 is 0 Å². The van der Waals surface area contributed by atoms with E-state index in [0.29, 0.717) is 0 Å². The van der Waals surface area contributed by atoms with E-state index in [9.17, 15) is 0 Å². The summed E-state index contributed by atoms with van der Waals surface area (Å²) in [6, 6.07) is 7.90. The van der Waals surface area contributed by atoms with Crippen LogP contribution in [0.25, 0.3) is 0 Å². The van der Waals surface area contributed by atoms with Crippen molar-refractivity contribution in [3.05, 3.63) is 38.6 Å². The molecule has 14 heavy (non-hydrogen) atoms. The minimum atomic E-state index is 0.797. The van der Waals surface area contributed by atoms with Crippen molar-refractivity contribution in [2.75, 3.05) is 11.1 Å². The second-order valence-electron chi connectivity index (χ2n) is 2.88. The zero-order valence-corrected chi connectivity index (χ0v) is 10.3. The molecule has 4 heteroatoms. The van der Waals surface area contributed by atoms with E-state index in [0.717, 1.165) is 20.6 Å². The van der Waals surface area contributed by atoms with Gasteiger partial charge >= 0.3 is 0 Å². The fraction of sp³-hybridized carbons (Fsp3) is 0. The molecule has 0 saturated heterocycles. The second kappa shape index (κ2) is 4.18. The maximum absolute atomic E-state index is 5.67. The lowest BCUT2D eigenvalue weighted by atomic mass is 10.3. The molecule has 0 aliphatic carbocycles. The van der Waals surface area contributed by atoms with Crippen LogP contribution in [0.5, 0.6) is 0 Å². The summed E-state index contributed by atoms with van der Waals surface area (Å²) in [5.41, 5.74) is 8.69. The van der Waals surface area contributed by atoms with Gasteiger partial charge in [0, 0.05) is 20.3 Å². The number of nitrogen functional groups attached to an aromatic ring is 1. The largest absolute Gasteiger partial charge is 0.399 e. The Morgan fingerprint density at radius 2 is 2.14 bits per heavy atom. The van der Waals surface area contributed by atoms with Crippen LogP contribution in [-0.2, 0) is 0 Å². The number of rotatable bonds is 2. The Labute approximate surface area is 100 Å². The number of nitrogens with two attached hydrogens (primary N) is 1. The Bertz CT molecular complexity index is 426. The number of nitrogens with one attached hydrogen (secondary N) is 1. The van der Waals surface area contributed by atoms with Gasteiger partial charge in [-0.1, -0.05) is 0 Å². The van der Waals surface area contributed by atoms with Crippen molar-refractivity contribution >= 4 is 51.0 Å². The second-order valence-corrected chi connectivity index (χ2v) is 4.82. The van der Waals surface area contributed by atoms with E-state index in [2.05, 4.69) is 39.4 Å². The molecule has 0 fully saturated rings. The normalized spacial score (nSPS) is 10.1. The molecule has 0 unspecified atom stereocenters. The lowest BCUT2D eigenvalue weighted by Gasteiger charge is -2.06. The molecule has 0 bridgehead atoms. The van der Waals surface area contributed by atoms with Crippen LogP contribution in [0.2, 0.25) is 0 Å². The molecule has 3 N–H and O–H groups in total. The summed E-state index contributed by atoms with van der Waals surface area (Å²) in [7, 11) is 0. The van der Waals surface area contributed by atoms with E-state index in [1.807, 2.05) is 23.6 Å². The molecule has 0 aliphatic rings. The quantitative estimate of drug-likeness (QED) is 0.655. The number of hydrogen-bond donors (Lipinski definition) is 2. The lowest BCUT2D eigenvalue weighted by Crippen LogP contribution is -1.93. The van der Waals surface area contributed by atoms with E-state index in [4.69, 9.17) is 5.73 Å². The Morgan fingerprint density at radius 1 is 1.29 bits per heavy atom. The highest BCUT2D eigenvalue weighted by Gasteiger charge is 2.00. The monoisotopic (exact) mass is 316 g/mol. The minimum Gasteiger partial charge on any atom is -0.399 e. The summed E-state index contributed by atoms with van der Waals surface area (Å²) < 4.78 is 1.13. The number of thiophene rings is 1. The Hall–Kier alpha value is -0.750. The minimum absolute atomic E-state index is 0.797. The fourth-order valence-electron chi connectivity index (χ4n) is 1.12. The molecule has 0 radical (unpaired) electrons. The van der Waals surface area contributed by atoms with Crippen molar-refractivity contribution in [3.8, 4) is 0 Å². The summed E-state index contributed by atoms with van der Waals surface area (Å²) in [5, 5.41) is 7.45. The maximum Gasteiger partial charge on any atom is 0.0521 e. The molecule has 2 aromatic rings. The molecule has 2 nitrogen and oxygen atoms in total. The zero-order valence-electron chi connectivity index (χ0n) is 7.33. The van der Waals surface area contributed by atoms with Gasteiger partial charge in [0.05, 0.1) is 5.69 Å². The average Bonchev–Trinajstić information content (AvgIpc) is 2.62. The van der Waals surface area contributed by atoms with Crippen LogP contribution >= 0.6 is 33.9 Å². The van der Waals surface area contributed by atoms with Crippen molar-refractivity contribution in [3.63, 3.8) is 0 Å². The number of benzene rings is 1. The van der Waals surface area contributed by atoms with Crippen molar-refractivity contribution < 1.29 is 0 Å². The molecule has 2 rings (SSSR count). The van der Waals surface area contributed by atoms with Crippen LogP contribution in [0.4, 0.5) is 17.1 Å². The Morgan fingerprint density at radius 3 is 2.79 bits per heavy atom. The van der Waals surface area contributed by atoms with Gasteiger partial charge in [-0.25, -0.2) is 0 Å². The van der Waals surface area contributed by atoms with E-state index >= 15 is 0 Å². The van der Waals surface area contributed by atoms with Crippen LogP contribution in [0.1, 0.15) is 0 Å². The lowest BCUT2D eigenvalue weighted by molar-refractivity contribution is 1.55. The summed E-state index contributed by atoms with van der Waals surface area (Å²) in [6.45, 7) is 0. The van der Waals surface area contributed by atoms with E-state index in [1.165, 1.54) is 0 Å². The van der Waals surface area contributed by atoms with Gasteiger partial charge in [0.15, 0.2) is 0 Å². The van der Waals surface area contributed by atoms with E-state index in [1.54, 1.807) is 11.3 Å². The smallest absolute Gasteiger partial charge is 0.0521 e. The Kier molecular flexibility index (Phi) is 2.93. The molecule has 0 saturated carbocycles. The van der Waals surface area contributed by atoms with Crippen molar-refractivity contribution in [1.29, 1.82) is 0 Å². The third kappa shape index (κ3) is 2.19. The highest BCUT2D eigenvalue weighted by molar-refractivity contribution is 14.1. The predicted molar refractivity (Wildman–Crippen MR) is 71.2 cm³/mol. The first-order chi connectivity index (χ1) is 6.75. The summed E-state index contributed by atoms with van der Waals surface area (Å²) in [4.78, 5) is 0. The van der Waals surface area contributed by atoms with Gasteiger partial charge in [-0.3, -0.25) is 0 Å². The molecular weight excluding hydrogens is 307 g/mol. The van der Waals surface area contributed by atoms with Crippen molar-refractivity contribution in [2.24, 2.45) is 0 Å². The Balaban J connectivity index is 2.25. The van der Waals surface area contributed by atoms with Crippen molar-refractivity contribution in [2.45, 2.75) is 0 Å². The average molecular weight is 316 g/mol. The third-order valence-corrected chi connectivity index (χ3v) is 3.37. The van der Waals surface area contributed by atoms with Gasteiger partial charge in [-0.15, -0.1) is 0 Å². The van der Waals surface area contributed by atoms with Crippen LogP contribution in [0, 0.1) is 3.57 Å². The summed E-state index contributed by atoms with van der Waals surface area (Å²) in [6.07, 6.45) is 0. The van der Waals surface area contributed by atoms with Gasteiger partial charge in [-0.05, 0) is 52.2 Å². The topological polar surface area (TPSA) is 38.0 Å². The molecule has 0 atom stereocenters. The third-order valence-electron chi connectivity index (χ3n) is 1.79. The first-order valence-corrected chi connectivity index (χ1v) is 6.12. The summed E-state index contributed by atoms with van der Waals surface area (Å²) >= 11 is 3.95. The van der Waals surface area contributed by atoms with Crippen LogP contribution in [0.15, 0.2) is 35.0 Å². The first kappa shape index (κ1) is 9.79. The van der Waals surface area contributed by atoms with Gasteiger partial charge < -0.3 is 11.1 Å². The molecule has 72 valence electrons. The predicted octanol–water partition coefficient (Wildman–Crippen LogP) is 3.68. The molecule has 0 amide bonds. The SMILES string of the molecule is Nc1ccc(Nc2ccsc2)c(I)c1.